The summed E-state index contributed by atoms with van der Waals surface area (Å²) in [5.41, 5.74) is 0.284. The number of halogens is 2. The maximum atomic E-state index is 12.7. The van der Waals surface area contributed by atoms with Crippen LogP contribution in [0.3, 0.4) is 0 Å². The zero-order valence-electron chi connectivity index (χ0n) is 11.4. The lowest BCUT2D eigenvalue weighted by molar-refractivity contribution is 0.0768. The zero-order valence-corrected chi connectivity index (χ0v) is 12.2. The van der Waals surface area contributed by atoms with E-state index in [0.717, 1.165) is 0 Å². The van der Waals surface area contributed by atoms with Crippen LogP contribution in [0, 0.1) is 5.82 Å². The molecule has 0 bridgehead atoms. The van der Waals surface area contributed by atoms with E-state index >= 15 is 0 Å². The molecule has 0 N–H and O–H groups in total. The Bertz CT molecular complexity index is 619. The van der Waals surface area contributed by atoms with Gasteiger partial charge in [-0.1, -0.05) is 11.6 Å². The molecule has 1 aromatic carbocycles. The van der Waals surface area contributed by atoms with Gasteiger partial charge in [-0.25, -0.2) is 4.39 Å². The second kappa shape index (κ2) is 7.04. The van der Waals surface area contributed by atoms with E-state index in [0.29, 0.717) is 23.9 Å². The second-order valence-corrected chi connectivity index (χ2v) is 4.82. The van der Waals surface area contributed by atoms with Crippen molar-refractivity contribution in [2.45, 2.75) is 0 Å². The summed E-state index contributed by atoms with van der Waals surface area (Å²) in [6, 6.07) is 8.84. The maximum Gasteiger partial charge on any atom is 0.272 e. The van der Waals surface area contributed by atoms with E-state index in [2.05, 4.69) is 4.98 Å². The van der Waals surface area contributed by atoms with E-state index in [1.807, 2.05) is 0 Å². The van der Waals surface area contributed by atoms with E-state index < -0.39 is 0 Å². The Labute approximate surface area is 127 Å². The van der Waals surface area contributed by atoms with Crippen molar-refractivity contribution >= 4 is 17.5 Å². The summed E-state index contributed by atoms with van der Waals surface area (Å²) in [4.78, 5) is 17.6. The van der Waals surface area contributed by atoms with Crippen LogP contribution >= 0.6 is 11.6 Å². The molecule has 0 aliphatic carbocycles. The van der Waals surface area contributed by atoms with Crippen LogP contribution in [0.15, 0.2) is 42.6 Å². The van der Waals surface area contributed by atoms with Crippen molar-refractivity contribution in [1.82, 2.24) is 9.88 Å². The minimum absolute atomic E-state index is 0.236. The van der Waals surface area contributed by atoms with Crippen LogP contribution in [0.4, 0.5) is 4.39 Å². The number of amides is 1. The molecule has 1 amide bonds. The van der Waals surface area contributed by atoms with Gasteiger partial charge in [0, 0.05) is 18.3 Å². The molecule has 1 aromatic heterocycles. The Balaban J connectivity index is 1.85. The normalized spacial score (nSPS) is 10.2. The lowest BCUT2D eigenvalue weighted by Crippen LogP contribution is -2.31. The standard InChI is InChI=1S/C15H14ClFN2O2/c1-19(15(20)14-10-11(16)6-7-18-14)8-9-21-13-4-2-12(17)3-5-13/h2-7,10H,8-9H2,1H3. The van der Waals surface area contributed by atoms with Crippen LogP contribution in [0.5, 0.6) is 5.75 Å². The van der Waals surface area contributed by atoms with Gasteiger partial charge < -0.3 is 9.64 Å². The van der Waals surface area contributed by atoms with E-state index in [4.69, 9.17) is 16.3 Å². The number of hydrogen-bond acceptors (Lipinski definition) is 3. The lowest BCUT2D eigenvalue weighted by Gasteiger charge is -2.17. The maximum absolute atomic E-state index is 12.7. The predicted octanol–water partition coefficient (Wildman–Crippen LogP) is 3.03. The monoisotopic (exact) mass is 308 g/mol. The third kappa shape index (κ3) is 4.43. The van der Waals surface area contributed by atoms with Gasteiger partial charge in [-0.05, 0) is 36.4 Å². The molecular weight excluding hydrogens is 295 g/mol. The molecule has 0 atom stereocenters. The minimum Gasteiger partial charge on any atom is -0.492 e. The highest BCUT2D eigenvalue weighted by Crippen LogP contribution is 2.12. The van der Waals surface area contributed by atoms with Gasteiger partial charge in [0.15, 0.2) is 0 Å². The topological polar surface area (TPSA) is 42.4 Å². The van der Waals surface area contributed by atoms with Gasteiger partial charge >= 0.3 is 0 Å². The summed E-state index contributed by atoms with van der Waals surface area (Å²) in [6.07, 6.45) is 1.48. The number of likely N-dealkylation sites (N-methyl/N-ethyl adjacent to an activating group) is 1. The number of carbonyl (C=O) groups excluding carboxylic acids is 1. The summed E-state index contributed by atoms with van der Waals surface area (Å²) in [6.45, 7) is 0.679. The smallest absolute Gasteiger partial charge is 0.272 e. The van der Waals surface area contributed by atoms with Gasteiger partial charge in [0.05, 0.1) is 6.54 Å². The quantitative estimate of drug-likeness (QED) is 0.852. The largest absolute Gasteiger partial charge is 0.492 e. The van der Waals surface area contributed by atoms with Crippen LogP contribution in [0.25, 0.3) is 0 Å². The number of aromatic nitrogens is 1. The van der Waals surface area contributed by atoms with Crippen LogP contribution in [-0.4, -0.2) is 36.0 Å². The molecule has 2 aromatic rings. The van der Waals surface area contributed by atoms with E-state index in [1.54, 1.807) is 13.1 Å². The first-order chi connectivity index (χ1) is 10.1. The lowest BCUT2D eigenvalue weighted by atomic mass is 10.3. The fourth-order valence-corrected chi connectivity index (χ4v) is 1.81. The molecule has 0 aliphatic heterocycles. The van der Waals surface area contributed by atoms with Crippen molar-refractivity contribution in [3.8, 4) is 5.75 Å². The Hall–Kier alpha value is -2.14. The van der Waals surface area contributed by atoms with Crippen molar-refractivity contribution in [2.75, 3.05) is 20.2 Å². The third-order valence-corrected chi connectivity index (χ3v) is 3.03. The Morgan fingerprint density at radius 3 is 2.71 bits per heavy atom. The molecule has 1 heterocycles. The number of pyridine rings is 1. The summed E-state index contributed by atoms with van der Waals surface area (Å²) in [5.74, 6) is 0.0000113. The third-order valence-electron chi connectivity index (χ3n) is 2.80. The number of rotatable bonds is 5. The van der Waals surface area contributed by atoms with Crippen molar-refractivity contribution in [3.05, 3.63) is 59.1 Å². The highest BCUT2D eigenvalue weighted by Gasteiger charge is 2.13. The summed E-state index contributed by atoms with van der Waals surface area (Å²) in [5, 5.41) is 0.462. The molecular formula is C15H14ClFN2O2. The first-order valence-electron chi connectivity index (χ1n) is 6.31. The van der Waals surface area contributed by atoms with Crippen molar-refractivity contribution in [1.29, 1.82) is 0 Å². The second-order valence-electron chi connectivity index (χ2n) is 4.39. The average molecular weight is 309 g/mol. The van der Waals surface area contributed by atoms with Gasteiger partial charge in [-0.15, -0.1) is 0 Å². The van der Waals surface area contributed by atoms with Crippen molar-refractivity contribution < 1.29 is 13.9 Å². The molecule has 21 heavy (non-hydrogen) atoms. The van der Waals surface area contributed by atoms with Gasteiger partial charge in [0.2, 0.25) is 0 Å². The Kier molecular flexibility index (Phi) is 5.11. The first kappa shape index (κ1) is 15.3. The van der Waals surface area contributed by atoms with Crippen LogP contribution in [0.1, 0.15) is 10.5 Å². The molecule has 0 spiro atoms. The molecule has 0 unspecified atom stereocenters. The van der Waals surface area contributed by atoms with Crippen molar-refractivity contribution in [2.24, 2.45) is 0 Å². The molecule has 0 radical (unpaired) electrons. The number of benzene rings is 1. The average Bonchev–Trinajstić information content (AvgIpc) is 2.48. The van der Waals surface area contributed by atoms with Gasteiger partial charge in [-0.3, -0.25) is 9.78 Å². The van der Waals surface area contributed by atoms with Gasteiger partial charge in [0.25, 0.3) is 5.91 Å². The molecule has 0 saturated carbocycles. The number of carbonyl (C=O) groups is 1. The van der Waals surface area contributed by atoms with Gasteiger partial charge in [-0.2, -0.15) is 0 Å². The molecule has 0 aliphatic rings. The van der Waals surface area contributed by atoms with E-state index in [1.165, 1.54) is 41.4 Å². The fourth-order valence-electron chi connectivity index (χ4n) is 1.65. The molecule has 2 rings (SSSR count). The number of ether oxygens (including phenoxy) is 1. The molecule has 0 saturated heterocycles. The first-order valence-corrected chi connectivity index (χ1v) is 6.69. The number of hydrogen-bond donors (Lipinski definition) is 0. The highest BCUT2D eigenvalue weighted by atomic mass is 35.5. The SMILES string of the molecule is CN(CCOc1ccc(F)cc1)C(=O)c1cc(Cl)ccn1. The van der Waals surface area contributed by atoms with Crippen molar-refractivity contribution in [3.63, 3.8) is 0 Å². The Morgan fingerprint density at radius 1 is 1.33 bits per heavy atom. The molecule has 0 fully saturated rings. The summed E-state index contributed by atoms with van der Waals surface area (Å²) >= 11 is 5.82. The Morgan fingerprint density at radius 2 is 2.05 bits per heavy atom. The summed E-state index contributed by atoms with van der Waals surface area (Å²) in [7, 11) is 1.65. The van der Waals surface area contributed by atoms with Crippen LogP contribution in [-0.2, 0) is 0 Å². The number of nitrogens with zero attached hydrogens (tertiary/aromatic N) is 2. The van der Waals surface area contributed by atoms with E-state index in [-0.39, 0.29) is 17.4 Å². The zero-order chi connectivity index (χ0) is 15.2. The highest BCUT2D eigenvalue weighted by molar-refractivity contribution is 6.30. The van der Waals surface area contributed by atoms with Crippen LogP contribution in [0.2, 0.25) is 5.02 Å². The van der Waals surface area contributed by atoms with Gasteiger partial charge in [0.1, 0.15) is 23.9 Å². The molecule has 4 nitrogen and oxygen atoms in total. The fraction of sp³-hybridized carbons (Fsp3) is 0.200. The van der Waals surface area contributed by atoms with E-state index in [9.17, 15) is 9.18 Å². The van der Waals surface area contributed by atoms with Crippen LogP contribution < -0.4 is 4.74 Å². The minimum atomic E-state index is -0.318. The predicted molar refractivity (Wildman–Crippen MR) is 78.1 cm³/mol. The molecule has 110 valence electrons. The summed E-state index contributed by atoms with van der Waals surface area (Å²) < 4.78 is 18.2. The molecule has 6 heteroatoms.